The van der Waals surface area contributed by atoms with Crippen molar-refractivity contribution in [2.75, 3.05) is 0 Å². The molecule has 2 rings (SSSR count). The molecule has 3 heteroatoms. The average molecular weight is 150 g/mol. The van der Waals surface area contributed by atoms with E-state index in [9.17, 15) is 0 Å². The summed E-state index contributed by atoms with van der Waals surface area (Å²) >= 11 is 5.02. The normalized spacial score (nSPS) is 15.4. The zero-order valence-corrected chi connectivity index (χ0v) is 5.94. The number of hydrogen-bond donors (Lipinski definition) is 0. The van der Waals surface area contributed by atoms with Crippen LogP contribution in [0.15, 0.2) is 10.5 Å². The first-order valence-corrected chi connectivity index (χ1v) is 3.35. The molecule has 1 heterocycles. The van der Waals surface area contributed by atoms with Gasteiger partial charge < -0.3 is 4.42 Å². The van der Waals surface area contributed by atoms with Gasteiger partial charge in [0.15, 0.2) is 5.76 Å². The quantitative estimate of drug-likeness (QED) is 0.525. The lowest BCUT2D eigenvalue weighted by atomic mass is 10.1. The maximum absolute atomic E-state index is 5.02. The Hall–Kier alpha value is -0.960. The molecule has 0 aliphatic heterocycles. The lowest BCUT2D eigenvalue weighted by molar-refractivity contribution is 0.538. The molecule has 0 aromatic carbocycles. The second-order valence-electron chi connectivity index (χ2n) is 2.05. The van der Waals surface area contributed by atoms with E-state index in [1.165, 1.54) is 0 Å². The molecular formula is C7H4NOS. The largest absolute Gasteiger partial charge is 0.432 e. The van der Waals surface area contributed by atoms with E-state index < -0.39 is 0 Å². The third-order valence-corrected chi connectivity index (χ3v) is 1.74. The highest BCUT2D eigenvalue weighted by Gasteiger charge is 2.13. The number of oxazole rings is 1. The second kappa shape index (κ2) is 2.02. The summed E-state index contributed by atoms with van der Waals surface area (Å²) in [5.41, 5.74) is 0.775. The molecule has 10 heavy (non-hydrogen) atoms. The number of nitrogens with zero attached hydrogens (tertiary/aromatic N) is 1. The molecular weight excluding hydrogens is 146 g/mol. The molecule has 0 N–H and O–H groups in total. The summed E-state index contributed by atoms with van der Waals surface area (Å²) in [5, 5.41) is 0. The van der Waals surface area contributed by atoms with Crippen LogP contribution in [0.4, 0.5) is 0 Å². The van der Waals surface area contributed by atoms with Gasteiger partial charge in [0, 0.05) is 11.3 Å². The Balaban J connectivity index is 2.62. The van der Waals surface area contributed by atoms with Crippen molar-refractivity contribution >= 4 is 23.2 Å². The van der Waals surface area contributed by atoms with Crippen LogP contribution in [0.3, 0.4) is 0 Å². The Morgan fingerprint density at radius 3 is 3.40 bits per heavy atom. The molecule has 49 valence electrons. The van der Waals surface area contributed by atoms with Crippen molar-refractivity contribution in [2.24, 2.45) is 0 Å². The molecule has 2 nitrogen and oxygen atoms in total. The van der Waals surface area contributed by atoms with Gasteiger partial charge in [0.1, 0.15) is 5.69 Å². The zero-order chi connectivity index (χ0) is 6.97. The third kappa shape index (κ3) is 0.708. The van der Waals surface area contributed by atoms with E-state index >= 15 is 0 Å². The number of aromatic nitrogens is 1. The summed E-state index contributed by atoms with van der Waals surface area (Å²) in [6.07, 6.45) is 7.03. The summed E-state index contributed by atoms with van der Waals surface area (Å²) in [4.78, 5) is 4.69. The molecule has 1 radical (unpaired) electrons. The maximum atomic E-state index is 5.02. The van der Waals surface area contributed by atoms with Crippen LogP contribution in [-0.4, -0.2) is 9.85 Å². The summed E-state index contributed by atoms with van der Waals surface area (Å²) in [5.74, 6) is 0.733. The summed E-state index contributed by atoms with van der Waals surface area (Å²) < 4.78 is 4.92. The second-order valence-corrected chi connectivity index (χ2v) is 2.54. The van der Waals surface area contributed by atoms with E-state index in [2.05, 4.69) is 11.4 Å². The first-order valence-electron chi connectivity index (χ1n) is 2.94. The fourth-order valence-corrected chi connectivity index (χ4v) is 1.15. The molecule has 0 fully saturated rings. The minimum absolute atomic E-state index is 0.733. The van der Waals surface area contributed by atoms with Gasteiger partial charge in [0.25, 0.3) is 6.39 Å². The van der Waals surface area contributed by atoms with Crippen LogP contribution in [0, 0.1) is 6.39 Å². The van der Waals surface area contributed by atoms with E-state index in [0.29, 0.717) is 0 Å². The summed E-state index contributed by atoms with van der Waals surface area (Å²) in [6.45, 7) is 0. The van der Waals surface area contributed by atoms with E-state index in [1.54, 1.807) is 0 Å². The molecule has 0 amide bonds. The molecule has 1 aliphatic rings. The van der Waals surface area contributed by atoms with E-state index in [0.717, 1.165) is 22.7 Å². The highest BCUT2D eigenvalue weighted by Crippen LogP contribution is 2.17. The standard InChI is InChI=1S/C7H4NOS/c10-6-3-1-2-5-7(6)8-4-9-5/h1-2H,3H2. The molecule has 1 aliphatic carbocycles. The van der Waals surface area contributed by atoms with E-state index in [1.807, 2.05) is 12.2 Å². The molecule has 1 aromatic heterocycles. The number of hydrogen-bond acceptors (Lipinski definition) is 3. The van der Waals surface area contributed by atoms with Gasteiger partial charge in [-0.2, -0.15) is 0 Å². The molecule has 0 spiro atoms. The lowest BCUT2D eigenvalue weighted by Crippen LogP contribution is -2.01. The van der Waals surface area contributed by atoms with Crippen molar-refractivity contribution in [3.63, 3.8) is 0 Å². The van der Waals surface area contributed by atoms with Gasteiger partial charge in [-0.3, -0.25) is 0 Å². The van der Waals surface area contributed by atoms with Crippen LogP contribution in [0.1, 0.15) is 17.9 Å². The van der Waals surface area contributed by atoms with Crippen LogP contribution in [0.2, 0.25) is 0 Å². The van der Waals surface area contributed by atoms with Gasteiger partial charge in [0.2, 0.25) is 0 Å². The highest BCUT2D eigenvalue weighted by atomic mass is 32.1. The number of allylic oxidation sites excluding steroid dienone is 1. The molecule has 1 aromatic rings. The Labute approximate surface area is 63.6 Å². The number of thiocarbonyl (C=S) groups is 1. The highest BCUT2D eigenvalue weighted by molar-refractivity contribution is 7.80. The zero-order valence-electron chi connectivity index (χ0n) is 5.13. The Morgan fingerprint density at radius 2 is 2.60 bits per heavy atom. The van der Waals surface area contributed by atoms with Gasteiger partial charge in [-0.1, -0.05) is 18.3 Å². The van der Waals surface area contributed by atoms with Gasteiger partial charge in [-0.25, -0.2) is 4.98 Å². The Bertz CT molecular complexity index is 300. The van der Waals surface area contributed by atoms with E-state index in [4.69, 9.17) is 16.6 Å². The molecule has 0 bridgehead atoms. The predicted molar refractivity (Wildman–Crippen MR) is 40.7 cm³/mol. The van der Waals surface area contributed by atoms with Crippen molar-refractivity contribution in [3.8, 4) is 0 Å². The smallest absolute Gasteiger partial charge is 0.284 e. The fraction of sp³-hybridized carbons (Fsp3) is 0.143. The van der Waals surface area contributed by atoms with Crippen molar-refractivity contribution in [1.29, 1.82) is 0 Å². The van der Waals surface area contributed by atoms with Crippen molar-refractivity contribution in [3.05, 3.63) is 23.9 Å². The topological polar surface area (TPSA) is 26.0 Å². The van der Waals surface area contributed by atoms with Crippen LogP contribution < -0.4 is 0 Å². The number of rotatable bonds is 0. The molecule has 0 saturated heterocycles. The van der Waals surface area contributed by atoms with Gasteiger partial charge in [-0.05, 0) is 6.08 Å². The summed E-state index contributed by atoms with van der Waals surface area (Å²) in [6, 6.07) is 0. The van der Waals surface area contributed by atoms with Crippen LogP contribution in [0.25, 0.3) is 6.08 Å². The van der Waals surface area contributed by atoms with Crippen molar-refractivity contribution in [1.82, 2.24) is 4.98 Å². The van der Waals surface area contributed by atoms with Gasteiger partial charge in [0.05, 0.1) is 0 Å². The third-order valence-electron chi connectivity index (χ3n) is 1.38. The maximum Gasteiger partial charge on any atom is 0.284 e. The Kier molecular flexibility index (Phi) is 1.17. The summed E-state index contributed by atoms with van der Waals surface area (Å²) in [7, 11) is 0. The van der Waals surface area contributed by atoms with Crippen molar-refractivity contribution < 1.29 is 4.42 Å². The lowest BCUT2D eigenvalue weighted by Gasteiger charge is -2.00. The Morgan fingerprint density at radius 1 is 1.70 bits per heavy atom. The van der Waals surface area contributed by atoms with Crippen molar-refractivity contribution in [2.45, 2.75) is 6.42 Å². The number of fused-ring (bicyclic) bond motifs is 1. The monoisotopic (exact) mass is 150 g/mol. The first kappa shape index (κ1) is 5.80. The average Bonchev–Trinajstić information content (AvgIpc) is 2.36. The minimum Gasteiger partial charge on any atom is -0.432 e. The first-order chi connectivity index (χ1) is 4.88. The van der Waals surface area contributed by atoms with Gasteiger partial charge in [-0.15, -0.1) is 0 Å². The van der Waals surface area contributed by atoms with Crippen LogP contribution in [0.5, 0.6) is 0 Å². The molecule has 0 unspecified atom stereocenters. The predicted octanol–water partition coefficient (Wildman–Crippen LogP) is 1.61. The van der Waals surface area contributed by atoms with Gasteiger partial charge >= 0.3 is 0 Å². The SMILES string of the molecule is S=C1CC=Cc2o[c]nc21. The fourth-order valence-electron chi connectivity index (χ4n) is 0.903. The van der Waals surface area contributed by atoms with Crippen LogP contribution >= 0.6 is 12.2 Å². The van der Waals surface area contributed by atoms with Crippen LogP contribution in [-0.2, 0) is 0 Å². The minimum atomic E-state index is 0.733. The molecule has 0 atom stereocenters. The van der Waals surface area contributed by atoms with E-state index in [-0.39, 0.29) is 0 Å². The molecule has 0 saturated carbocycles.